The molecule has 0 saturated carbocycles. The van der Waals surface area contributed by atoms with E-state index in [0.717, 1.165) is 12.8 Å². The molecule has 1 fully saturated rings. The standard InChI is InChI=1S/C15H19FN2O2S/c1-2-20-15(19)13-5-3-4-8-18(13)12-7-6-10(16)9-11(12)14(17)21/h6-7,9,13H,2-5,8H2,1H3,(H2,17,21). The van der Waals surface area contributed by atoms with Crippen LogP contribution in [0, 0.1) is 5.82 Å². The number of carbonyl (C=O) groups excluding carboxylic acids is 1. The third kappa shape index (κ3) is 3.50. The van der Waals surface area contributed by atoms with Crippen molar-refractivity contribution >= 4 is 28.9 Å². The van der Waals surface area contributed by atoms with Crippen molar-refractivity contribution < 1.29 is 13.9 Å². The number of piperidine rings is 1. The molecule has 0 aromatic heterocycles. The van der Waals surface area contributed by atoms with Crippen LogP contribution in [0.25, 0.3) is 0 Å². The third-order valence-electron chi connectivity index (χ3n) is 3.59. The zero-order chi connectivity index (χ0) is 15.4. The summed E-state index contributed by atoms with van der Waals surface area (Å²) < 4.78 is 18.6. The SMILES string of the molecule is CCOC(=O)C1CCCCN1c1ccc(F)cc1C(N)=S. The van der Waals surface area contributed by atoms with Crippen LogP contribution in [0.5, 0.6) is 0 Å². The first-order chi connectivity index (χ1) is 10.0. The van der Waals surface area contributed by atoms with Crippen molar-refractivity contribution in [1.82, 2.24) is 0 Å². The fourth-order valence-corrected chi connectivity index (χ4v) is 2.82. The Morgan fingerprint density at radius 1 is 1.52 bits per heavy atom. The molecule has 114 valence electrons. The molecule has 0 amide bonds. The van der Waals surface area contributed by atoms with Crippen molar-refractivity contribution in [3.05, 3.63) is 29.6 Å². The summed E-state index contributed by atoms with van der Waals surface area (Å²) in [5, 5.41) is 0. The van der Waals surface area contributed by atoms with E-state index >= 15 is 0 Å². The Bertz CT molecular complexity index is 550. The van der Waals surface area contributed by atoms with Gasteiger partial charge < -0.3 is 15.4 Å². The van der Waals surface area contributed by atoms with E-state index in [2.05, 4.69) is 0 Å². The Morgan fingerprint density at radius 3 is 2.95 bits per heavy atom. The van der Waals surface area contributed by atoms with E-state index in [1.165, 1.54) is 12.1 Å². The number of esters is 1. The molecule has 1 aliphatic rings. The van der Waals surface area contributed by atoms with Gasteiger partial charge >= 0.3 is 5.97 Å². The van der Waals surface area contributed by atoms with Crippen LogP contribution in [0.1, 0.15) is 31.7 Å². The van der Waals surface area contributed by atoms with Crippen LogP contribution in [-0.4, -0.2) is 30.2 Å². The van der Waals surface area contributed by atoms with Gasteiger partial charge in [-0.25, -0.2) is 9.18 Å². The Kier molecular flexibility index (Phi) is 5.12. The van der Waals surface area contributed by atoms with Gasteiger partial charge in [-0.1, -0.05) is 12.2 Å². The zero-order valence-corrected chi connectivity index (χ0v) is 12.8. The van der Waals surface area contributed by atoms with Crippen LogP contribution in [-0.2, 0) is 9.53 Å². The van der Waals surface area contributed by atoms with Crippen molar-refractivity contribution in [3.8, 4) is 0 Å². The van der Waals surface area contributed by atoms with Crippen LogP contribution < -0.4 is 10.6 Å². The predicted molar refractivity (Wildman–Crippen MR) is 83.9 cm³/mol. The van der Waals surface area contributed by atoms with E-state index in [4.69, 9.17) is 22.7 Å². The number of carbonyl (C=O) groups is 1. The summed E-state index contributed by atoms with van der Waals surface area (Å²) in [6, 6.07) is 3.93. The van der Waals surface area contributed by atoms with Gasteiger partial charge in [-0.3, -0.25) is 0 Å². The molecule has 1 unspecified atom stereocenters. The van der Waals surface area contributed by atoms with Gasteiger partial charge in [-0.05, 0) is 44.4 Å². The summed E-state index contributed by atoms with van der Waals surface area (Å²) >= 11 is 5.00. The molecule has 2 N–H and O–H groups in total. The highest BCUT2D eigenvalue weighted by molar-refractivity contribution is 7.80. The number of benzene rings is 1. The molecule has 1 atom stereocenters. The van der Waals surface area contributed by atoms with Crippen molar-refractivity contribution in [2.75, 3.05) is 18.1 Å². The molecule has 0 spiro atoms. The van der Waals surface area contributed by atoms with Gasteiger partial charge in [0, 0.05) is 17.8 Å². The van der Waals surface area contributed by atoms with Crippen molar-refractivity contribution in [1.29, 1.82) is 0 Å². The maximum atomic E-state index is 13.4. The van der Waals surface area contributed by atoms with Crippen LogP contribution in [0.4, 0.5) is 10.1 Å². The van der Waals surface area contributed by atoms with E-state index in [-0.39, 0.29) is 17.0 Å². The van der Waals surface area contributed by atoms with E-state index < -0.39 is 5.82 Å². The fraction of sp³-hybridized carbons (Fsp3) is 0.467. The largest absolute Gasteiger partial charge is 0.464 e. The third-order valence-corrected chi connectivity index (χ3v) is 3.81. The fourth-order valence-electron chi connectivity index (χ4n) is 2.66. The highest BCUT2D eigenvalue weighted by atomic mass is 32.1. The first-order valence-corrected chi connectivity index (χ1v) is 7.48. The molecule has 1 heterocycles. The number of anilines is 1. The maximum absolute atomic E-state index is 13.4. The lowest BCUT2D eigenvalue weighted by Gasteiger charge is -2.36. The number of rotatable bonds is 4. The minimum Gasteiger partial charge on any atom is -0.464 e. The second kappa shape index (κ2) is 6.85. The molecular formula is C15H19FN2O2S. The number of halogens is 1. The zero-order valence-electron chi connectivity index (χ0n) is 12.0. The lowest BCUT2D eigenvalue weighted by Crippen LogP contribution is -2.46. The van der Waals surface area contributed by atoms with E-state index in [1.54, 1.807) is 13.0 Å². The summed E-state index contributed by atoms with van der Waals surface area (Å²) in [4.78, 5) is 14.2. The Hall–Kier alpha value is -1.69. The first kappa shape index (κ1) is 15.7. The summed E-state index contributed by atoms with van der Waals surface area (Å²) in [6.07, 6.45) is 2.64. The van der Waals surface area contributed by atoms with Gasteiger partial charge in [0.25, 0.3) is 0 Å². The number of nitrogens with zero attached hydrogens (tertiary/aromatic N) is 1. The predicted octanol–water partition coefficient (Wildman–Crippen LogP) is 2.38. The molecule has 2 rings (SSSR count). The molecule has 0 radical (unpaired) electrons. The smallest absolute Gasteiger partial charge is 0.328 e. The van der Waals surface area contributed by atoms with Gasteiger partial charge in [0.2, 0.25) is 0 Å². The number of thiocarbonyl (C=S) groups is 1. The van der Waals surface area contributed by atoms with Gasteiger partial charge in [0.15, 0.2) is 0 Å². The van der Waals surface area contributed by atoms with Crippen molar-refractivity contribution in [2.24, 2.45) is 5.73 Å². The Labute approximate surface area is 129 Å². The molecular weight excluding hydrogens is 291 g/mol. The second-order valence-corrected chi connectivity index (χ2v) is 5.42. The number of hydrogen-bond acceptors (Lipinski definition) is 4. The molecule has 1 saturated heterocycles. The average Bonchev–Trinajstić information content (AvgIpc) is 2.47. The monoisotopic (exact) mass is 310 g/mol. The summed E-state index contributed by atoms with van der Waals surface area (Å²) in [7, 11) is 0. The van der Waals surface area contributed by atoms with E-state index in [0.29, 0.717) is 30.8 Å². The van der Waals surface area contributed by atoms with E-state index in [9.17, 15) is 9.18 Å². The lowest BCUT2D eigenvalue weighted by molar-refractivity contribution is -0.145. The van der Waals surface area contributed by atoms with Crippen molar-refractivity contribution in [2.45, 2.75) is 32.2 Å². The summed E-state index contributed by atoms with van der Waals surface area (Å²) in [5.74, 6) is -0.651. The molecule has 1 aliphatic heterocycles. The normalized spacial score (nSPS) is 18.4. The van der Waals surface area contributed by atoms with Gasteiger partial charge in [-0.15, -0.1) is 0 Å². The molecule has 21 heavy (non-hydrogen) atoms. The summed E-state index contributed by atoms with van der Waals surface area (Å²) in [5.41, 5.74) is 6.85. The van der Waals surface area contributed by atoms with Crippen LogP contribution in [0.3, 0.4) is 0 Å². The second-order valence-electron chi connectivity index (χ2n) is 4.98. The number of nitrogens with two attached hydrogens (primary N) is 1. The van der Waals surface area contributed by atoms with E-state index in [1.807, 2.05) is 4.90 Å². The molecule has 1 aromatic carbocycles. The minimum absolute atomic E-state index is 0.123. The van der Waals surface area contributed by atoms with Gasteiger partial charge in [0.1, 0.15) is 16.8 Å². The lowest BCUT2D eigenvalue weighted by atomic mass is 9.99. The highest BCUT2D eigenvalue weighted by Gasteiger charge is 2.31. The Morgan fingerprint density at radius 2 is 2.29 bits per heavy atom. The molecule has 6 heteroatoms. The van der Waals surface area contributed by atoms with Crippen molar-refractivity contribution in [3.63, 3.8) is 0 Å². The molecule has 0 bridgehead atoms. The van der Waals surface area contributed by atoms with Crippen LogP contribution in [0.2, 0.25) is 0 Å². The van der Waals surface area contributed by atoms with Crippen LogP contribution in [0.15, 0.2) is 18.2 Å². The molecule has 0 aliphatic carbocycles. The van der Waals surface area contributed by atoms with Gasteiger partial charge in [-0.2, -0.15) is 0 Å². The molecule has 1 aromatic rings. The highest BCUT2D eigenvalue weighted by Crippen LogP contribution is 2.29. The minimum atomic E-state index is -0.397. The molecule has 4 nitrogen and oxygen atoms in total. The average molecular weight is 310 g/mol. The maximum Gasteiger partial charge on any atom is 0.328 e. The van der Waals surface area contributed by atoms with Gasteiger partial charge in [0.05, 0.1) is 6.61 Å². The quantitative estimate of drug-likeness (QED) is 0.683. The Balaban J connectivity index is 2.37. The number of hydrogen-bond donors (Lipinski definition) is 1. The summed E-state index contributed by atoms with van der Waals surface area (Å²) in [6.45, 7) is 2.82. The van der Waals surface area contributed by atoms with Crippen LogP contribution >= 0.6 is 12.2 Å². The first-order valence-electron chi connectivity index (χ1n) is 7.07. The number of ether oxygens (including phenoxy) is 1. The topological polar surface area (TPSA) is 55.6 Å².